The molecule has 0 fully saturated rings. The summed E-state index contributed by atoms with van der Waals surface area (Å²) in [6, 6.07) is 15.3. The number of amides is 1. The molecule has 0 radical (unpaired) electrons. The number of benzene rings is 2. The number of carbonyl (C=O) groups excluding carboxylic acids is 1. The Hall–Kier alpha value is -2.77. The fourth-order valence-corrected chi connectivity index (χ4v) is 2.73. The van der Waals surface area contributed by atoms with Gasteiger partial charge < -0.3 is 10.6 Å². The molecular formula is C21H22ClN3O. The first-order valence-electron chi connectivity index (χ1n) is 8.59. The molecule has 4 nitrogen and oxygen atoms in total. The molecule has 26 heavy (non-hydrogen) atoms. The Morgan fingerprint density at radius 3 is 2.27 bits per heavy atom. The molecule has 2 aromatic carbocycles. The lowest BCUT2D eigenvalue weighted by molar-refractivity contribution is -0.117. The first-order valence-corrected chi connectivity index (χ1v) is 8.97. The predicted molar refractivity (Wildman–Crippen MR) is 106 cm³/mol. The SMILES string of the molecule is CCc1cccc(CC)c1N/C=C(/C#N)C(=O)NCc1ccc(Cl)cc1. The van der Waals surface area contributed by atoms with E-state index in [0.29, 0.717) is 11.6 Å². The quantitative estimate of drug-likeness (QED) is 0.555. The van der Waals surface area contributed by atoms with Gasteiger partial charge in [0.2, 0.25) is 0 Å². The van der Waals surface area contributed by atoms with Gasteiger partial charge in [-0.3, -0.25) is 4.79 Å². The normalized spacial score (nSPS) is 10.9. The highest BCUT2D eigenvalue weighted by Gasteiger charge is 2.10. The van der Waals surface area contributed by atoms with E-state index in [2.05, 4.69) is 24.5 Å². The molecule has 0 bridgehead atoms. The Bertz CT molecular complexity index is 813. The lowest BCUT2D eigenvalue weighted by Gasteiger charge is -2.13. The molecule has 0 aliphatic rings. The zero-order valence-electron chi connectivity index (χ0n) is 15.0. The van der Waals surface area contributed by atoms with Crippen LogP contribution >= 0.6 is 11.6 Å². The van der Waals surface area contributed by atoms with Gasteiger partial charge >= 0.3 is 0 Å². The van der Waals surface area contributed by atoms with Gasteiger partial charge in [0.05, 0.1) is 0 Å². The third-order valence-electron chi connectivity index (χ3n) is 4.09. The number of rotatable bonds is 7. The van der Waals surface area contributed by atoms with E-state index in [1.165, 1.54) is 6.20 Å². The smallest absolute Gasteiger partial charge is 0.263 e. The van der Waals surface area contributed by atoms with Crippen LogP contribution in [-0.4, -0.2) is 5.91 Å². The molecule has 0 spiro atoms. The largest absolute Gasteiger partial charge is 0.360 e. The van der Waals surface area contributed by atoms with Crippen LogP contribution in [-0.2, 0) is 24.2 Å². The van der Waals surface area contributed by atoms with Crippen molar-refractivity contribution in [2.45, 2.75) is 33.2 Å². The van der Waals surface area contributed by atoms with Crippen molar-refractivity contribution < 1.29 is 4.79 Å². The molecular weight excluding hydrogens is 346 g/mol. The molecule has 5 heteroatoms. The predicted octanol–water partition coefficient (Wildman–Crippen LogP) is 4.60. The monoisotopic (exact) mass is 367 g/mol. The molecule has 0 aromatic heterocycles. The zero-order valence-corrected chi connectivity index (χ0v) is 15.7. The van der Waals surface area contributed by atoms with Crippen LogP contribution in [0.4, 0.5) is 5.69 Å². The fraction of sp³-hybridized carbons (Fsp3) is 0.238. The van der Waals surface area contributed by atoms with Gasteiger partial charge in [0.1, 0.15) is 11.6 Å². The van der Waals surface area contributed by atoms with E-state index in [1.54, 1.807) is 12.1 Å². The average Bonchev–Trinajstić information content (AvgIpc) is 2.67. The van der Waals surface area contributed by atoms with E-state index in [0.717, 1.165) is 35.2 Å². The minimum absolute atomic E-state index is 0.0342. The molecule has 2 aromatic rings. The second-order valence-electron chi connectivity index (χ2n) is 5.78. The maximum atomic E-state index is 12.3. The van der Waals surface area contributed by atoms with Crippen LogP contribution in [0.3, 0.4) is 0 Å². The molecule has 0 saturated heterocycles. The van der Waals surface area contributed by atoms with Crippen LogP contribution in [0.25, 0.3) is 0 Å². The summed E-state index contributed by atoms with van der Waals surface area (Å²) in [6.45, 7) is 4.49. The van der Waals surface area contributed by atoms with Crippen molar-refractivity contribution in [3.05, 3.63) is 76.0 Å². The Kier molecular flexibility index (Phi) is 7.25. The van der Waals surface area contributed by atoms with Crippen molar-refractivity contribution >= 4 is 23.2 Å². The molecule has 2 N–H and O–H groups in total. The highest BCUT2D eigenvalue weighted by Crippen LogP contribution is 2.22. The molecule has 0 unspecified atom stereocenters. The Morgan fingerprint density at radius 2 is 1.73 bits per heavy atom. The second-order valence-corrected chi connectivity index (χ2v) is 6.22. The summed E-state index contributed by atoms with van der Waals surface area (Å²) < 4.78 is 0. The Morgan fingerprint density at radius 1 is 1.12 bits per heavy atom. The van der Waals surface area contributed by atoms with Gasteiger partial charge in [-0.1, -0.05) is 55.8 Å². The number of anilines is 1. The van der Waals surface area contributed by atoms with E-state index >= 15 is 0 Å². The lowest BCUT2D eigenvalue weighted by atomic mass is 10.0. The first-order chi connectivity index (χ1) is 12.6. The number of nitriles is 1. The average molecular weight is 368 g/mol. The highest BCUT2D eigenvalue weighted by molar-refractivity contribution is 6.30. The summed E-state index contributed by atoms with van der Waals surface area (Å²) in [5.41, 5.74) is 4.22. The van der Waals surface area contributed by atoms with Gasteiger partial charge in [0, 0.05) is 23.5 Å². The number of halogens is 1. The number of nitrogens with zero attached hydrogens (tertiary/aromatic N) is 1. The molecule has 2 rings (SSSR count). The third-order valence-corrected chi connectivity index (χ3v) is 4.34. The maximum absolute atomic E-state index is 12.3. The number of aryl methyl sites for hydroxylation is 2. The van der Waals surface area contributed by atoms with Gasteiger partial charge in [-0.2, -0.15) is 5.26 Å². The van der Waals surface area contributed by atoms with Crippen LogP contribution in [0, 0.1) is 11.3 Å². The number of nitrogens with one attached hydrogen (secondary N) is 2. The van der Waals surface area contributed by atoms with Crippen molar-refractivity contribution in [1.82, 2.24) is 5.32 Å². The van der Waals surface area contributed by atoms with E-state index in [1.807, 2.05) is 36.4 Å². The summed E-state index contributed by atoms with van der Waals surface area (Å²) >= 11 is 5.85. The Labute approximate surface area is 159 Å². The van der Waals surface area contributed by atoms with Crippen molar-refractivity contribution in [2.24, 2.45) is 0 Å². The number of carbonyl (C=O) groups is 1. The molecule has 134 valence electrons. The standard InChI is InChI=1S/C21H22ClN3O/c1-3-16-6-5-7-17(4-2)20(16)24-14-18(12-23)21(26)25-13-15-8-10-19(22)11-9-15/h5-11,14,24H,3-4,13H2,1-2H3,(H,25,26)/b18-14-. The van der Waals surface area contributed by atoms with Crippen LogP contribution in [0.2, 0.25) is 5.02 Å². The van der Waals surface area contributed by atoms with Gasteiger partial charge in [0.25, 0.3) is 5.91 Å². The van der Waals surface area contributed by atoms with Crippen LogP contribution < -0.4 is 10.6 Å². The molecule has 1 amide bonds. The van der Waals surface area contributed by atoms with E-state index in [9.17, 15) is 10.1 Å². The zero-order chi connectivity index (χ0) is 18.9. The summed E-state index contributed by atoms with van der Waals surface area (Å²) in [5.74, 6) is -0.415. The summed E-state index contributed by atoms with van der Waals surface area (Å²) in [4.78, 5) is 12.3. The second kappa shape index (κ2) is 9.65. The summed E-state index contributed by atoms with van der Waals surface area (Å²) in [5, 5.41) is 15.9. The van der Waals surface area contributed by atoms with Crippen LogP contribution in [0.15, 0.2) is 54.2 Å². The lowest BCUT2D eigenvalue weighted by Crippen LogP contribution is -2.24. The van der Waals surface area contributed by atoms with Crippen LogP contribution in [0.1, 0.15) is 30.5 Å². The molecule has 0 saturated carbocycles. The summed E-state index contributed by atoms with van der Waals surface area (Å²) in [6.07, 6.45) is 3.22. The number of hydrogen-bond acceptors (Lipinski definition) is 3. The van der Waals surface area contributed by atoms with Gasteiger partial charge in [-0.25, -0.2) is 0 Å². The van der Waals surface area contributed by atoms with Crippen molar-refractivity contribution in [2.75, 3.05) is 5.32 Å². The first kappa shape index (κ1) is 19.6. The van der Waals surface area contributed by atoms with Crippen molar-refractivity contribution in [3.63, 3.8) is 0 Å². The van der Waals surface area contributed by atoms with Crippen molar-refractivity contribution in [1.29, 1.82) is 5.26 Å². The van der Waals surface area contributed by atoms with Gasteiger partial charge in [-0.05, 0) is 41.7 Å². The number of hydrogen-bond donors (Lipinski definition) is 2. The fourth-order valence-electron chi connectivity index (χ4n) is 2.60. The minimum atomic E-state index is -0.415. The summed E-state index contributed by atoms with van der Waals surface area (Å²) in [7, 11) is 0. The minimum Gasteiger partial charge on any atom is -0.360 e. The highest BCUT2D eigenvalue weighted by atomic mass is 35.5. The third kappa shape index (κ3) is 5.11. The molecule has 0 aliphatic heterocycles. The van der Waals surface area contributed by atoms with E-state index < -0.39 is 5.91 Å². The number of para-hydroxylation sites is 1. The van der Waals surface area contributed by atoms with Gasteiger partial charge in [0.15, 0.2) is 0 Å². The van der Waals surface area contributed by atoms with Crippen molar-refractivity contribution in [3.8, 4) is 6.07 Å². The molecule has 0 aliphatic carbocycles. The van der Waals surface area contributed by atoms with Crippen LogP contribution in [0.5, 0.6) is 0 Å². The molecule has 0 atom stereocenters. The topological polar surface area (TPSA) is 64.9 Å². The Balaban J connectivity index is 2.09. The van der Waals surface area contributed by atoms with Gasteiger partial charge in [-0.15, -0.1) is 0 Å². The van der Waals surface area contributed by atoms with E-state index in [4.69, 9.17) is 11.6 Å². The van der Waals surface area contributed by atoms with E-state index in [-0.39, 0.29) is 5.57 Å². The molecule has 0 heterocycles. The maximum Gasteiger partial charge on any atom is 0.263 e.